The normalized spacial score (nSPS) is 17.1. The van der Waals surface area contributed by atoms with Gasteiger partial charge in [0.1, 0.15) is 24.0 Å². The van der Waals surface area contributed by atoms with Gasteiger partial charge in [0.15, 0.2) is 5.78 Å². The Labute approximate surface area is 186 Å². The van der Waals surface area contributed by atoms with Crippen LogP contribution in [-0.2, 0) is 4.79 Å². The number of hydrogen-bond donors (Lipinski definition) is 0. The van der Waals surface area contributed by atoms with Gasteiger partial charge in [0.2, 0.25) is 0 Å². The molecule has 0 N–H and O–H groups in total. The second kappa shape index (κ2) is 10.2. The summed E-state index contributed by atoms with van der Waals surface area (Å²) in [5, 5.41) is 0. The number of likely N-dealkylation sites (tertiary alicyclic amines) is 1. The number of carbonyl (C=O) groups excluding carboxylic acids is 1. The molecule has 4 rings (SSSR count). The van der Waals surface area contributed by atoms with E-state index in [-0.39, 0.29) is 17.4 Å². The Bertz CT molecular complexity index is 1050. The summed E-state index contributed by atoms with van der Waals surface area (Å²) < 4.78 is 32.4. The van der Waals surface area contributed by atoms with Crippen molar-refractivity contribution in [2.24, 2.45) is 0 Å². The molecule has 0 spiro atoms. The molecule has 3 aromatic carbocycles. The van der Waals surface area contributed by atoms with Crippen LogP contribution in [0.15, 0.2) is 90.0 Å². The van der Waals surface area contributed by atoms with Crippen LogP contribution in [0.4, 0.5) is 8.78 Å². The lowest BCUT2D eigenvalue weighted by Gasteiger charge is -2.29. The SMILES string of the molecule is O=C1/C(=C\c2ccc(F)cc2)CN(CCOc2ccccc2)C/C1=C/c1ccc(F)cc1. The smallest absolute Gasteiger partial charge is 0.187 e. The number of para-hydroxylation sites is 1. The van der Waals surface area contributed by atoms with Crippen LogP contribution in [0, 0.1) is 11.6 Å². The van der Waals surface area contributed by atoms with E-state index in [1.54, 1.807) is 36.4 Å². The molecule has 1 aliphatic heterocycles. The van der Waals surface area contributed by atoms with Crippen LogP contribution in [0.1, 0.15) is 11.1 Å². The highest BCUT2D eigenvalue weighted by atomic mass is 19.1. The van der Waals surface area contributed by atoms with Crippen LogP contribution < -0.4 is 4.74 Å². The van der Waals surface area contributed by atoms with Crippen molar-refractivity contribution in [1.82, 2.24) is 4.90 Å². The first kappa shape index (κ1) is 21.7. The number of ketones is 1. The van der Waals surface area contributed by atoms with E-state index >= 15 is 0 Å². The van der Waals surface area contributed by atoms with Crippen molar-refractivity contribution in [3.8, 4) is 5.75 Å². The number of nitrogens with zero attached hydrogens (tertiary/aromatic N) is 1. The second-order valence-corrected chi connectivity index (χ2v) is 7.64. The zero-order valence-corrected chi connectivity index (χ0v) is 17.5. The molecule has 1 aliphatic rings. The van der Waals surface area contributed by atoms with Crippen molar-refractivity contribution in [3.63, 3.8) is 0 Å². The van der Waals surface area contributed by atoms with E-state index < -0.39 is 0 Å². The molecule has 0 aromatic heterocycles. The number of ether oxygens (including phenoxy) is 1. The molecule has 3 aromatic rings. The molecule has 0 saturated carbocycles. The summed E-state index contributed by atoms with van der Waals surface area (Å²) in [6.07, 6.45) is 3.59. The first-order valence-electron chi connectivity index (χ1n) is 10.4. The summed E-state index contributed by atoms with van der Waals surface area (Å²) in [5.41, 5.74) is 2.77. The van der Waals surface area contributed by atoms with E-state index in [1.165, 1.54) is 24.3 Å². The highest BCUT2D eigenvalue weighted by Gasteiger charge is 2.26. The van der Waals surface area contributed by atoms with Gasteiger partial charge in [-0.15, -0.1) is 0 Å². The number of Topliss-reactive ketones (excluding diaryl/α,β-unsaturated/α-hetero) is 1. The predicted molar refractivity (Wildman–Crippen MR) is 122 cm³/mol. The fourth-order valence-electron chi connectivity index (χ4n) is 3.60. The van der Waals surface area contributed by atoms with Crippen LogP contribution in [0.3, 0.4) is 0 Å². The number of benzene rings is 3. The molecule has 0 atom stereocenters. The lowest BCUT2D eigenvalue weighted by Crippen LogP contribution is -2.39. The Morgan fingerprint density at radius 2 is 1.25 bits per heavy atom. The number of halogens is 2. The molecule has 5 heteroatoms. The van der Waals surface area contributed by atoms with Gasteiger partial charge >= 0.3 is 0 Å². The maximum atomic E-state index is 13.3. The standard InChI is InChI=1S/C27H23F2NO2/c28-24-10-6-20(7-11-24)16-22-18-30(14-15-32-26-4-2-1-3-5-26)19-23(27(22)31)17-21-8-12-25(29)13-9-21/h1-13,16-17H,14-15,18-19H2/b22-16-,23-17-. The highest BCUT2D eigenvalue weighted by Crippen LogP contribution is 2.22. The van der Waals surface area contributed by atoms with Crippen molar-refractivity contribution >= 4 is 17.9 Å². The van der Waals surface area contributed by atoms with Crippen LogP contribution in [0.5, 0.6) is 5.75 Å². The third kappa shape index (κ3) is 5.77. The molecule has 0 unspecified atom stereocenters. The van der Waals surface area contributed by atoms with Crippen LogP contribution in [0.2, 0.25) is 0 Å². The van der Waals surface area contributed by atoms with Crippen LogP contribution in [0.25, 0.3) is 12.2 Å². The molecule has 1 saturated heterocycles. The maximum absolute atomic E-state index is 13.3. The molecule has 1 fully saturated rings. The quantitative estimate of drug-likeness (QED) is 0.490. The van der Waals surface area contributed by atoms with E-state index in [2.05, 4.69) is 4.90 Å². The maximum Gasteiger partial charge on any atom is 0.187 e. The predicted octanol–water partition coefficient (Wildman–Crippen LogP) is 5.40. The summed E-state index contributed by atoms with van der Waals surface area (Å²) in [5.74, 6) is 0.0982. The van der Waals surface area contributed by atoms with Crippen molar-refractivity contribution in [2.45, 2.75) is 0 Å². The highest BCUT2D eigenvalue weighted by molar-refractivity contribution is 6.14. The zero-order valence-electron chi connectivity index (χ0n) is 17.5. The number of hydrogen-bond acceptors (Lipinski definition) is 3. The van der Waals surface area contributed by atoms with E-state index in [0.717, 1.165) is 16.9 Å². The van der Waals surface area contributed by atoms with Gasteiger partial charge in [-0.3, -0.25) is 9.69 Å². The minimum absolute atomic E-state index is 0.0566. The molecule has 32 heavy (non-hydrogen) atoms. The van der Waals surface area contributed by atoms with Gasteiger partial charge in [-0.05, 0) is 59.7 Å². The summed E-state index contributed by atoms with van der Waals surface area (Å²) >= 11 is 0. The summed E-state index contributed by atoms with van der Waals surface area (Å²) in [4.78, 5) is 15.3. The average Bonchev–Trinajstić information content (AvgIpc) is 2.80. The van der Waals surface area contributed by atoms with Gasteiger partial charge in [0.05, 0.1) is 0 Å². The van der Waals surface area contributed by atoms with Gasteiger partial charge in [0, 0.05) is 30.8 Å². The van der Waals surface area contributed by atoms with E-state index in [0.29, 0.717) is 37.4 Å². The van der Waals surface area contributed by atoms with Gasteiger partial charge in [0.25, 0.3) is 0 Å². The van der Waals surface area contributed by atoms with Gasteiger partial charge in [-0.25, -0.2) is 8.78 Å². The molecule has 162 valence electrons. The average molecular weight is 431 g/mol. The summed E-state index contributed by atoms with van der Waals surface area (Å²) in [6.45, 7) is 2.04. The van der Waals surface area contributed by atoms with Crippen molar-refractivity contribution in [3.05, 3.63) is 113 Å². The zero-order chi connectivity index (χ0) is 22.3. The molecule has 1 heterocycles. The summed E-state index contributed by atoms with van der Waals surface area (Å²) in [7, 11) is 0. The molecule has 0 radical (unpaired) electrons. The van der Waals surface area contributed by atoms with E-state index in [1.807, 2.05) is 30.3 Å². The molecule has 0 amide bonds. The van der Waals surface area contributed by atoms with Gasteiger partial charge in [-0.1, -0.05) is 42.5 Å². The molecule has 3 nitrogen and oxygen atoms in total. The monoisotopic (exact) mass is 431 g/mol. The largest absolute Gasteiger partial charge is 0.492 e. The Morgan fingerprint density at radius 1 is 0.750 bits per heavy atom. The van der Waals surface area contributed by atoms with Crippen molar-refractivity contribution < 1.29 is 18.3 Å². The molecular weight excluding hydrogens is 408 g/mol. The summed E-state index contributed by atoms with van der Waals surface area (Å²) in [6, 6.07) is 21.7. The number of piperidine rings is 1. The Balaban J connectivity index is 1.55. The molecule has 0 aliphatic carbocycles. The fourth-order valence-corrected chi connectivity index (χ4v) is 3.60. The van der Waals surface area contributed by atoms with Gasteiger partial charge < -0.3 is 4.74 Å². The van der Waals surface area contributed by atoms with Crippen molar-refractivity contribution in [2.75, 3.05) is 26.2 Å². The van der Waals surface area contributed by atoms with E-state index in [9.17, 15) is 13.6 Å². The minimum Gasteiger partial charge on any atom is -0.492 e. The van der Waals surface area contributed by atoms with Crippen molar-refractivity contribution in [1.29, 1.82) is 0 Å². The second-order valence-electron chi connectivity index (χ2n) is 7.64. The van der Waals surface area contributed by atoms with Gasteiger partial charge in [-0.2, -0.15) is 0 Å². The van der Waals surface area contributed by atoms with E-state index in [4.69, 9.17) is 4.74 Å². The Kier molecular flexibility index (Phi) is 6.87. The Hall–Kier alpha value is -3.57. The lowest BCUT2D eigenvalue weighted by molar-refractivity contribution is -0.113. The number of carbonyl (C=O) groups is 1. The van der Waals surface area contributed by atoms with Crippen LogP contribution >= 0.6 is 0 Å². The third-order valence-electron chi connectivity index (χ3n) is 5.21. The first-order valence-corrected chi connectivity index (χ1v) is 10.4. The Morgan fingerprint density at radius 3 is 1.75 bits per heavy atom. The minimum atomic E-state index is -0.321. The fraction of sp³-hybridized carbons (Fsp3) is 0.148. The number of rotatable bonds is 6. The first-order chi connectivity index (χ1) is 15.6. The molecule has 0 bridgehead atoms. The van der Waals surface area contributed by atoms with Crippen LogP contribution in [-0.4, -0.2) is 36.9 Å². The lowest BCUT2D eigenvalue weighted by atomic mass is 9.94. The topological polar surface area (TPSA) is 29.5 Å². The molecular formula is C27H23F2NO2. The third-order valence-corrected chi connectivity index (χ3v) is 5.21.